The molecule has 0 saturated carbocycles. The molecule has 1 amide bonds. The molecule has 0 aliphatic heterocycles. The Morgan fingerprint density at radius 2 is 1.23 bits per heavy atom. The Bertz CT molecular complexity index is 486. The molecule has 0 spiro atoms. The number of nitrogens with one attached hydrogen (secondary N) is 1. The van der Waals surface area contributed by atoms with E-state index in [2.05, 4.69) is 19.2 Å². The van der Waals surface area contributed by atoms with E-state index >= 15 is 0 Å². The molecule has 0 aliphatic carbocycles. The van der Waals surface area contributed by atoms with Gasteiger partial charge >= 0.3 is 5.97 Å². The first kappa shape index (κ1) is 29.9. The van der Waals surface area contributed by atoms with Crippen LogP contribution in [-0.2, 0) is 9.59 Å². The zero-order valence-corrected chi connectivity index (χ0v) is 21.6. The first-order chi connectivity index (χ1) is 14.6. The number of carboxylic acid groups (broad SMARTS) is 1. The molecule has 0 rings (SSSR count). The summed E-state index contributed by atoms with van der Waals surface area (Å²) in [6, 6.07) is 0. The molecule has 0 radical (unpaired) electrons. The smallest absolute Gasteiger partial charge is 0.388 e. The summed E-state index contributed by atoms with van der Waals surface area (Å²) >= 11 is 0. The highest BCUT2D eigenvalue weighted by molar-refractivity contribution is 5.85. The Morgan fingerprint density at radius 3 is 1.58 bits per heavy atom. The van der Waals surface area contributed by atoms with E-state index in [-0.39, 0.29) is 10.4 Å². The number of amides is 1. The van der Waals surface area contributed by atoms with E-state index in [0.717, 1.165) is 25.2 Å². The molecular weight excluding hydrogens is 388 g/mol. The van der Waals surface area contributed by atoms with Crippen LogP contribution in [0.4, 0.5) is 0 Å². The number of hydrogen-bond donors (Lipinski definition) is 2. The minimum atomic E-state index is -1.25. The zero-order chi connectivity index (χ0) is 23.8. The van der Waals surface area contributed by atoms with E-state index in [9.17, 15) is 14.7 Å². The predicted octanol–water partition coefficient (Wildman–Crippen LogP) is 6.51. The summed E-state index contributed by atoms with van der Waals surface area (Å²) in [6.07, 6.45) is 18.1. The van der Waals surface area contributed by atoms with Crippen LogP contribution in [0.25, 0.3) is 0 Å². The van der Waals surface area contributed by atoms with E-state index < -0.39 is 11.6 Å². The standard InChI is InChI=1S/C26H52N2O3/c1-7-22-26(25(30)31,28(4,5)6)27-24(29)21-19-17-15-13-11-9-8-10-12-14-16-18-20-23(2)3/h23H,7-22H2,1-6H3,(H-,27,29,30,31)/p+1. The van der Waals surface area contributed by atoms with Crippen LogP contribution in [-0.4, -0.2) is 48.3 Å². The monoisotopic (exact) mass is 441 g/mol. The lowest BCUT2D eigenvalue weighted by Crippen LogP contribution is -2.71. The molecule has 0 aromatic carbocycles. The van der Waals surface area contributed by atoms with E-state index in [1.165, 1.54) is 64.2 Å². The topological polar surface area (TPSA) is 66.4 Å². The SMILES string of the molecule is CCCC(NC(=O)CCCCCCCCCCCCCCC(C)C)(C(=O)O)[N+](C)(C)C. The van der Waals surface area contributed by atoms with Gasteiger partial charge in [0.05, 0.1) is 21.1 Å². The number of hydrogen-bond acceptors (Lipinski definition) is 2. The average molecular weight is 442 g/mol. The maximum absolute atomic E-state index is 12.4. The molecule has 0 fully saturated rings. The number of rotatable bonds is 20. The number of carboxylic acids is 1. The molecule has 5 heteroatoms. The molecule has 1 atom stereocenters. The highest BCUT2D eigenvalue weighted by atomic mass is 16.4. The largest absolute Gasteiger partial charge is 0.475 e. The highest BCUT2D eigenvalue weighted by Crippen LogP contribution is 2.23. The van der Waals surface area contributed by atoms with E-state index in [1.54, 1.807) is 0 Å². The van der Waals surface area contributed by atoms with Crippen LogP contribution < -0.4 is 5.32 Å². The molecule has 0 aromatic rings. The number of aliphatic carboxylic acids is 1. The number of nitrogens with zero attached hydrogens (tertiary/aromatic N) is 1. The summed E-state index contributed by atoms with van der Waals surface area (Å²) < 4.78 is 0.180. The third-order valence-corrected chi connectivity index (χ3v) is 6.39. The first-order valence-corrected chi connectivity index (χ1v) is 12.9. The number of carbonyl (C=O) groups is 2. The summed E-state index contributed by atoms with van der Waals surface area (Å²) in [7, 11) is 5.49. The molecule has 31 heavy (non-hydrogen) atoms. The fourth-order valence-electron chi connectivity index (χ4n) is 4.27. The van der Waals surface area contributed by atoms with Crippen molar-refractivity contribution < 1.29 is 19.2 Å². The van der Waals surface area contributed by atoms with Gasteiger partial charge in [-0.25, -0.2) is 4.79 Å². The summed E-state index contributed by atoms with van der Waals surface area (Å²) in [5.74, 6) is -0.250. The van der Waals surface area contributed by atoms with Crippen molar-refractivity contribution >= 4 is 11.9 Å². The Labute approximate surface area is 192 Å². The third-order valence-electron chi connectivity index (χ3n) is 6.39. The van der Waals surface area contributed by atoms with Gasteiger partial charge in [-0.1, -0.05) is 97.8 Å². The van der Waals surface area contributed by atoms with Gasteiger partial charge in [-0.2, -0.15) is 0 Å². The zero-order valence-electron chi connectivity index (χ0n) is 21.6. The highest BCUT2D eigenvalue weighted by Gasteiger charge is 2.51. The number of carbonyl (C=O) groups excluding carboxylic acids is 1. The van der Waals surface area contributed by atoms with Gasteiger partial charge < -0.3 is 5.11 Å². The number of unbranched alkanes of at least 4 members (excludes halogenated alkanes) is 11. The summed E-state index contributed by atoms with van der Waals surface area (Å²) in [5.41, 5.74) is -1.25. The van der Waals surface area contributed by atoms with Gasteiger partial charge in [0.25, 0.3) is 5.66 Å². The summed E-state index contributed by atoms with van der Waals surface area (Å²) in [6.45, 7) is 6.56. The average Bonchev–Trinajstić information content (AvgIpc) is 2.66. The molecule has 2 N–H and O–H groups in total. The van der Waals surface area contributed by atoms with Gasteiger partial charge in [0, 0.05) is 12.8 Å². The van der Waals surface area contributed by atoms with Gasteiger partial charge in [0.2, 0.25) is 5.91 Å². The third kappa shape index (κ3) is 13.1. The Morgan fingerprint density at radius 1 is 0.806 bits per heavy atom. The van der Waals surface area contributed by atoms with Crippen LogP contribution >= 0.6 is 0 Å². The molecule has 1 unspecified atom stereocenters. The predicted molar refractivity (Wildman–Crippen MR) is 131 cm³/mol. The molecule has 5 nitrogen and oxygen atoms in total. The van der Waals surface area contributed by atoms with Crippen LogP contribution in [0.5, 0.6) is 0 Å². The minimum Gasteiger partial charge on any atom is -0.475 e. The quantitative estimate of drug-likeness (QED) is 0.129. The van der Waals surface area contributed by atoms with Crippen LogP contribution in [0, 0.1) is 5.92 Å². The lowest BCUT2D eigenvalue weighted by Gasteiger charge is -2.43. The van der Waals surface area contributed by atoms with Crippen molar-refractivity contribution in [1.29, 1.82) is 0 Å². The Kier molecular flexibility index (Phi) is 15.9. The van der Waals surface area contributed by atoms with Gasteiger partial charge in [-0.05, 0) is 18.8 Å². The van der Waals surface area contributed by atoms with Crippen molar-refractivity contribution in [1.82, 2.24) is 5.32 Å². The first-order valence-electron chi connectivity index (χ1n) is 12.9. The number of likely N-dealkylation sites (N-methyl/N-ethyl adjacent to an activating group) is 1. The van der Waals surface area contributed by atoms with Gasteiger partial charge in [-0.3, -0.25) is 14.6 Å². The van der Waals surface area contributed by atoms with Crippen molar-refractivity contribution in [3.05, 3.63) is 0 Å². The van der Waals surface area contributed by atoms with Crippen LogP contribution in [0.1, 0.15) is 124 Å². The molecule has 0 aliphatic rings. The van der Waals surface area contributed by atoms with E-state index in [4.69, 9.17) is 0 Å². The van der Waals surface area contributed by atoms with Crippen molar-refractivity contribution in [2.45, 2.75) is 129 Å². The Balaban J connectivity index is 3.83. The molecule has 0 bridgehead atoms. The maximum atomic E-state index is 12.4. The Hall–Kier alpha value is -1.10. The van der Waals surface area contributed by atoms with Crippen molar-refractivity contribution in [2.75, 3.05) is 21.1 Å². The van der Waals surface area contributed by atoms with Crippen LogP contribution in [0.3, 0.4) is 0 Å². The minimum absolute atomic E-state index is 0.141. The normalized spacial score (nSPS) is 13.9. The van der Waals surface area contributed by atoms with E-state index in [1.807, 2.05) is 28.1 Å². The molecular formula is C26H53N2O3+. The second-order valence-corrected chi connectivity index (χ2v) is 10.7. The van der Waals surface area contributed by atoms with Crippen molar-refractivity contribution in [3.8, 4) is 0 Å². The molecule has 0 aromatic heterocycles. The van der Waals surface area contributed by atoms with Crippen molar-refractivity contribution in [3.63, 3.8) is 0 Å². The molecule has 184 valence electrons. The van der Waals surface area contributed by atoms with Gasteiger partial charge in [0.1, 0.15) is 0 Å². The van der Waals surface area contributed by atoms with Crippen molar-refractivity contribution in [2.24, 2.45) is 5.92 Å². The summed E-state index contributed by atoms with van der Waals surface area (Å²) in [4.78, 5) is 24.4. The number of quaternary nitrogens is 1. The van der Waals surface area contributed by atoms with E-state index in [0.29, 0.717) is 19.3 Å². The van der Waals surface area contributed by atoms with Gasteiger partial charge in [0.15, 0.2) is 0 Å². The maximum Gasteiger partial charge on any atom is 0.388 e. The fourth-order valence-corrected chi connectivity index (χ4v) is 4.27. The van der Waals surface area contributed by atoms with Crippen LogP contribution in [0.2, 0.25) is 0 Å². The second-order valence-electron chi connectivity index (χ2n) is 10.7. The molecule has 0 heterocycles. The summed E-state index contributed by atoms with van der Waals surface area (Å²) in [5, 5.41) is 12.7. The lowest BCUT2D eigenvalue weighted by atomic mass is 9.99. The van der Waals surface area contributed by atoms with Crippen LogP contribution in [0.15, 0.2) is 0 Å². The molecule has 0 saturated heterocycles. The lowest BCUT2D eigenvalue weighted by molar-refractivity contribution is -0.917. The van der Waals surface area contributed by atoms with Gasteiger partial charge in [-0.15, -0.1) is 0 Å². The second kappa shape index (κ2) is 16.5. The fraction of sp³-hybridized carbons (Fsp3) is 0.923.